The van der Waals surface area contributed by atoms with E-state index in [0.29, 0.717) is 17.7 Å². The Morgan fingerprint density at radius 1 is 0.867 bits per heavy atom. The molecule has 0 aliphatic rings. The molecule has 2 N–H and O–H groups in total. The molecule has 2 unspecified atom stereocenters. The lowest BCUT2D eigenvalue weighted by atomic mass is 10.0. The molecule has 1 amide bonds. The minimum Gasteiger partial charge on any atom is -0.351 e. The van der Waals surface area contributed by atoms with Crippen molar-refractivity contribution < 1.29 is 18.0 Å². The number of rotatable bonds is 13. The van der Waals surface area contributed by atoms with E-state index in [9.17, 15) is 18.0 Å². The zero-order valence-corrected chi connectivity index (χ0v) is 27.2. The van der Waals surface area contributed by atoms with Gasteiger partial charge in [-0.3, -0.25) is 4.79 Å². The van der Waals surface area contributed by atoms with E-state index >= 15 is 0 Å². The topological polar surface area (TPSA) is 41.1 Å². The monoisotopic (exact) mass is 646 g/mol. The third kappa shape index (κ3) is 11.4. The van der Waals surface area contributed by atoms with E-state index in [2.05, 4.69) is 45.2 Å². The molecule has 0 fully saturated rings. The molecule has 0 aliphatic carbocycles. The first-order valence-electron chi connectivity index (χ1n) is 14.4. The first kappa shape index (κ1) is 35.4. The molecule has 4 rings (SSSR count). The fraction of sp³-hybridized carbons (Fsp3) is 0.162. The number of amides is 1. The van der Waals surface area contributed by atoms with Crippen molar-refractivity contribution in [1.29, 1.82) is 0 Å². The summed E-state index contributed by atoms with van der Waals surface area (Å²) in [5, 5.41) is 6.06. The van der Waals surface area contributed by atoms with Gasteiger partial charge in [0.2, 0.25) is 0 Å². The second-order valence-electron chi connectivity index (χ2n) is 9.87. The Kier molecular flexibility index (Phi) is 14.2. The number of halogens is 3. The van der Waals surface area contributed by atoms with Gasteiger partial charge in [0, 0.05) is 17.5 Å². The van der Waals surface area contributed by atoms with E-state index < -0.39 is 11.7 Å². The van der Waals surface area contributed by atoms with Gasteiger partial charge < -0.3 is 10.6 Å². The van der Waals surface area contributed by atoms with Crippen molar-refractivity contribution in [3.05, 3.63) is 156 Å². The summed E-state index contributed by atoms with van der Waals surface area (Å²) >= 11 is 1.77. The van der Waals surface area contributed by atoms with Crippen molar-refractivity contribution in [3.63, 3.8) is 0 Å². The zero-order chi connectivity index (χ0) is 32.7. The molecule has 0 aliphatic heterocycles. The predicted molar refractivity (Wildman–Crippen MR) is 188 cm³/mol. The summed E-state index contributed by atoms with van der Waals surface area (Å²) in [6.45, 7) is 9.80. The van der Waals surface area contributed by atoms with Crippen LogP contribution in [0.3, 0.4) is 0 Å². The highest BCUT2D eigenvalue weighted by Crippen LogP contribution is 2.30. The zero-order valence-electron chi connectivity index (χ0n) is 25.2. The number of nitrogens with one attached hydrogen (secondary N) is 2. The molecule has 4 aromatic rings. The van der Waals surface area contributed by atoms with Crippen LogP contribution in [0.25, 0.3) is 22.9 Å². The number of thioether (sulfide) groups is 1. The summed E-state index contributed by atoms with van der Waals surface area (Å²) in [7, 11) is 2.42. The van der Waals surface area contributed by atoms with Gasteiger partial charge in [-0.25, -0.2) is 0 Å². The normalized spacial score (nSPS) is 11.9. The van der Waals surface area contributed by atoms with Crippen LogP contribution in [0.1, 0.15) is 28.7 Å². The van der Waals surface area contributed by atoms with Gasteiger partial charge in [0.25, 0.3) is 5.91 Å². The molecule has 0 bridgehead atoms. The van der Waals surface area contributed by atoms with Crippen molar-refractivity contribution in [3.8, 4) is 11.1 Å². The SMILES string of the molecule is C=CC(CCSCc1ccccc1)NC(=O)/C(=C\c1ccc(-c2ccccc2)cc1)NC(=C)c1ccc(C(F)(F)F)cc1.CP. The summed E-state index contributed by atoms with van der Waals surface area (Å²) in [5.41, 5.74) is 4.30. The molecule has 0 saturated heterocycles. The number of carbonyl (C=O) groups excluding carboxylic acids is 1. The quantitative estimate of drug-likeness (QED) is 0.0658. The molecule has 3 nitrogen and oxygen atoms in total. The van der Waals surface area contributed by atoms with E-state index in [-0.39, 0.29) is 17.6 Å². The van der Waals surface area contributed by atoms with Crippen molar-refractivity contribution in [2.75, 3.05) is 12.4 Å². The number of alkyl halides is 3. The average Bonchev–Trinajstić information content (AvgIpc) is 3.07. The lowest BCUT2D eigenvalue weighted by molar-refractivity contribution is -0.137. The maximum atomic E-state index is 13.5. The summed E-state index contributed by atoms with van der Waals surface area (Å²) in [4.78, 5) is 13.5. The highest BCUT2D eigenvalue weighted by molar-refractivity contribution is 7.98. The van der Waals surface area contributed by atoms with Gasteiger partial charge in [-0.1, -0.05) is 116 Å². The average molecular weight is 647 g/mol. The lowest BCUT2D eigenvalue weighted by Crippen LogP contribution is -2.38. The summed E-state index contributed by atoms with van der Waals surface area (Å²) in [6.07, 6.45) is -0.351. The number of carbonyl (C=O) groups is 1. The Balaban J connectivity index is 0.00000271. The molecule has 0 saturated carbocycles. The highest BCUT2D eigenvalue weighted by atomic mass is 32.2. The first-order chi connectivity index (χ1) is 21.7. The van der Waals surface area contributed by atoms with Gasteiger partial charge in [-0.15, -0.1) is 15.8 Å². The van der Waals surface area contributed by atoms with Crippen LogP contribution in [-0.2, 0) is 16.7 Å². The summed E-state index contributed by atoms with van der Waals surface area (Å²) in [6, 6.07) is 32.2. The standard InChI is InChI=1S/C36H33F3N2OS.CH5P/c1-3-33(22-23-43-25-28-10-6-4-7-11-28)41-35(42)34(40-26(2)29-18-20-32(21-19-29)36(37,38)39)24-27-14-16-31(17-15-27)30-12-8-5-9-13-30;1-2/h3-21,24,33,40H,1-2,22-23,25H2,(H,41,42);2H2,1H3/b34-24+;. The third-order valence-corrected chi connectivity index (χ3v) is 7.77. The molecule has 0 heterocycles. The molecule has 0 radical (unpaired) electrons. The Bertz CT molecular complexity index is 1540. The predicted octanol–water partition coefficient (Wildman–Crippen LogP) is 9.46. The maximum Gasteiger partial charge on any atom is 0.416 e. The van der Waals surface area contributed by atoms with Gasteiger partial charge >= 0.3 is 6.18 Å². The second kappa shape index (κ2) is 18.0. The van der Waals surface area contributed by atoms with Crippen LogP contribution in [0, 0.1) is 0 Å². The van der Waals surface area contributed by atoms with Crippen LogP contribution in [0.15, 0.2) is 134 Å². The Hall–Kier alpha value is -4.06. The van der Waals surface area contributed by atoms with Crippen LogP contribution in [-0.4, -0.2) is 24.4 Å². The van der Waals surface area contributed by atoms with Crippen molar-refractivity contribution in [2.45, 2.75) is 24.4 Å². The van der Waals surface area contributed by atoms with Gasteiger partial charge in [-0.05, 0) is 58.2 Å². The van der Waals surface area contributed by atoms with E-state index in [0.717, 1.165) is 40.3 Å². The molecule has 0 spiro atoms. The lowest BCUT2D eigenvalue weighted by Gasteiger charge is -2.19. The van der Waals surface area contributed by atoms with Crippen molar-refractivity contribution in [1.82, 2.24) is 10.6 Å². The van der Waals surface area contributed by atoms with Crippen LogP contribution >= 0.6 is 21.0 Å². The fourth-order valence-corrected chi connectivity index (χ4v) is 5.29. The van der Waals surface area contributed by atoms with Crippen molar-refractivity contribution in [2.24, 2.45) is 0 Å². The van der Waals surface area contributed by atoms with Crippen molar-refractivity contribution >= 4 is 38.7 Å². The molecule has 4 aromatic carbocycles. The molecule has 0 aromatic heterocycles. The minimum absolute atomic E-state index is 0.209. The second-order valence-corrected chi connectivity index (χ2v) is 11.0. The number of hydrogen-bond acceptors (Lipinski definition) is 3. The van der Waals surface area contributed by atoms with Crippen LogP contribution in [0.5, 0.6) is 0 Å². The van der Waals surface area contributed by atoms with Crippen LogP contribution < -0.4 is 10.6 Å². The first-order valence-corrected chi connectivity index (χ1v) is 16.7. The van der Waals surface area contributed by atoms with Crippen LogP contribution in [0.2, 0.25) is 0 Å². The molecule has 45 heavy (non-hydrogen) atoms. The minimum atomic E-state index is -4.44. The Morgan fingerprint density at radius 3 is 2.02 bits per heavy atom. The third-order valence-electron chi connectivity index (χ3n) is 6.71. The largest absolute Gasteiger partial charge is 0.416 e. The number of hydrogen-bond donors (Lipinski definition) is 2. The Labute approximate surface area is 270 Å². The van der Waals surface area contributed by atoms with E-state index in [1.54, 1.807) is 23.9 Å². The van der Waals surface area contributed by atoms with Gasteiger partial charge in [0.1, 0.15) is 5.70 Å². The maximum absolute atomic E-state index is 13.5. The van der Waals surface area contributed by atoms with E-state index in [1.165, 1.54) is 17.7 Å². The van der Waals surface area contributed by atoms with Crippen LogP contribution in [0.4, 0.5) is 13.2 Å². The molecular weight excluding hydrogens is 608 g/mol. The molecule has 8 heteroatoms. The highest BCUT2D eigenvalue weighted by Gasteiger charge is 2.30. The Morgan fingerprint density at radius 2 is 1.44 bits per heavy atom. The van der Waals surface area contributed by atoms with Gasteiger partial charge in [0.15, 0.2) is 0 Å². The molecule has 234 valence electrons. The van der Waals surface area contributed by atoms with E-state index in [4.69, 9.17) is 0 Å². The van der Waals surface area contributed by atoms with Gasteiger partial charge in [-0.2, -0.15) is 24.9 Å². The van der Waals surface area contributed by atoms with Gasteiger partial charge in [0.05, 0.1) is 5.56 Å². The summed E-state index contributed by atoms with van der Waals surface area (Å²) < 4.78 is 39.2. The van der Waals surface area contributed by atoms with E-state index in [1.807, 2.05) is 79.5 Å². The molecular formula is C37H38F3N2OPS. The molecule has 2 atom stereocenters. The fourth-order valence-electron chi connectivity index (χ4n) is 4.29. The number of benzene rings is 4. The smallest absolute Gasteiger partial charge is 0.351 e. The summed E-state index contributed by atoms with van der Waals surface area (Å²) in [5.74, 6) is 1.31.